The van der Waals surface area contributed by atoms with Gasteiger partial charge in [0, 0.05) is 29.3 Å². The Morgan fingerprint density at radius 2 is 1.25 bits per heavy atom. The molecule has 0 bridgehead atoms. The van der Waals surface area contributed by atoms with Gasteiger partial charge in [-0.3, -0.25) is 14.4 Å². The summed E-state index contributed by atoms with van der Waals surface area (Å²) in [5, 5.41) is 24.9. The number of aryl methyl sites for hydroxylation is 2. The summed E-state index contributed by atoms with van der Waals surface area (Å²) in [7, 11) is 0. The second-order valence-corrected chi connectivity index (χ2v) is 11.8. The molecular formula is C35H42BrCsF6N2O11. The molecule has 0 radical (unpaired) electrons. The van der Waals surface area contributed by atoms with Gasteiger partial charge in [-0.2, -0.15) is 26.3 Å². The first-order chi connectivity index (χ1) is 26.0. The second kappa shape index (κ2) is 28.0. The van der Waals surface area contributed by atoms with Gasteiger partial charge in [-0.25, -0.2) is 0 Å². The number of benzene rings is 2. The molecule has 1 N–H and O–H groups in total. The van der Waals surface area contributed by atoms with Gasteiger partial charge in [-0.05, 0) is 63.8 Å². The first kappa shape index (κ1) is 53.5. The van der Waals surface area contributed by atoms with Gasteiger partial charge in [-0.1, -0.05) is 52.9 Å². The molecule has 0 aliphatic heterocycles. The van der Waals surface area contributed by atoms with Crippen LogP contribution in [0.2, 0.25) is 0 Å². The van der Waals surface area contributed by atoms with E-state index in [0.717, 1.165) is 11.8 Å². The summed E-state index contributed by atoms with van der Waals surface area (Å²) in [6.45, 7) is 8.19. The minimum absolute atomic E-state index is 0. The Bertz CT molecular complexity index is 1770. The summed E-state index contributed by atoms with van der Waals surface area (Å²) in [4.78, 5) is 33.1. The number of rotatable bonds is 15. The Kier molecular flexibility index (Phi) is 26.7. The molecule has 0 saturated carbocycles. The first-order valence-corrected chi connectivity index (χ1v) is 18.1. The largest absolute Gasteiger partial charge is 1.00 e. The number of ether oxygens (including phenoxy) is 3. The molecule has 0 atom stereocenters. The van der Waals surface area contributed by atoms with Crippen molar-refractivity contribution in [1.29, 1.82) is 0 Å². The smallest absolute Gasteiger partial charge is 0.662 e. The van der Waals surface area contributed by atoms with Crippen molar-refractivity contribution in [3.63, 3.8) is 0 Å². The topological polar surface area (TPSA) is 183 Å². The van der Waals surface area contributed by atoms with E-state index in [0.29, 0.717) is 68.6 Å². The Labute approximate surface area is 385 Å². The van der Waals surface area contributed by atoms with E-state index in [-0.39, 0.29) is 128 Å². The first-order valence-electron chi connectivity index (χ1n) is 16.9. The third kappa shape index (κ3) is 17.9. The van der Waals surface area contributed by atoms with Crippen LogP contribution in [0.1, 0.15) is 88.7 Å². The monoisotopic (exact) mass is 992 g/mol. The minimum Gasteiger partial charge on any atom is -0.662 e. The van der Waals surface area contributed by atoms with Gasteiger partial charge in [0.2, 0.25) is 0 Å². The SMILES string of the molecule is CCCc1c(O)ccc2c(C(F)(F)F)noc12.CCCc1c(OCCCC(=O)OCC)ccc2c(C(F)(F)F)noc12.CCOC(=O)CCCBr.O=CO[O-].[Cs+]. The molecule has 308 valence electrons. The number of esters is 2. The molecule has 0 unspecified atom stereocenters. The maximum atomic E-state index is 13.0. The van der Waals surface area contributed by atoms with Crippen molar-refractivity contribution in [2.45, 2.75) is 91.4 Å². The number of halogens is 7. The van der Waals surface area contributed by atoms with Gasteiger partial charge < -0.3 is 38.5 Å². The number of hydrogen-bond donors (Lipinski definition) is 1. The van der Waals surface area contributed by atoms with Gasteiger partial charge in [0.25, 0.3) is 6.47 Å². The number of alkyl halides is 7. The number of phenols is 1. The molecular weight excluding hydrogens is 951 g/mol. The van der Waals surface area contributed by atoms with Crippen LogP contribution in [0.4, 0.5) is 26.3 Å². The average Bonchev–Trinajstić information content (AvgIpc) is 3.78. The normalized spacial score (nSPS) is 10.8. The molecule has 4 rings (SSSR count). The fraction of sp³-hybridized carbons (Fsp3) is 0.514. The van der Waals surface area contributed by atoms with E-state index in [2.05, 4.69) is 35.9 Å². The average molecular weight is 994 g/mol. The molecule has 2 heterocycles. The summed E-state index contributed by atoms with van der Waals surface area (Å²) in [6.07, 6.45) is -4.73. The molecule has 2 aromatic heterocycles. The van der Waals surface area contributed by atoms with E-state index in [1.165, 1.54) is 24.3 Å². The van der Waals surface area contributed by atoms with Crippen LogP contribution in [0.25, 0.3) is 21.9 Å². The molecule has 21 heteroatoms. The fourth-order valence-electron chi connectivity index (χ4n) is 4.69. The van der Waals surface area contributed by atoms with E-state index in [9.17, 15) is 41.0 Å². The van der Waals surface area contributed by atoms with Gasteiger partial charge >= 0.3 is 93.2 Å². The number of fused-ring (bicyclic) bond motifs is 2. The van der Waals surface area contributed by atoms with Crippen molar-refractivity contribution >= 4 is 56.3 Å². The summed E-state index contributed by atoms with van der Waals surface area (Å²) >= 11 is 3.22. The van der Waals surface area contributed by atoms with Gasteiger partial charge in [0.05, 0.1) is 30.6 Å². The Morgan fingerprint density at radius 1 is 0.804 bits per heavy atom. The van der Waals surface area contributed by atoms with Gasteiger partial charge in [0.15, 0.2) is 22.6 Å². The third-order valence-corrected chi connectivity index (χ3v) is 7.46. The van der Waals surface area contributed by atoms with Crippen LogP contribution >= 0.6 is 15.9 Å². The molecule has 2 aromatic carbocycles. The zero-order chi connectivity index (χ0) is 41.6. The quantitative estimate of drug-likeness (QED) is 0.0313. The molecule has 0 spiro atoms. The maximum Gasteiger partial charge on any atom is 1.00 e. The number of nitrogens with zero attached hydrogens (tertiary/aromatic N) is 2. The van der Waals surface area contributed by atoms with Crippen molar-refractivity contribution in [3.05, 3.63) is 46.8 Å². The molecule has 0 saturated heterocycles. The van der Waals surface area contributed by atoms with Crippen molar-refractivity contribution < 1.29 is 148 Å². The molecule has 56 heavy (non-hydrogen) atoms. The predicted octanol–water partition coefficient (Wildman–Crippen LogP) is 5.19. The van der Waals surface area contributed by atoms with Crippen molar-refractivity contribution in [2.75, 3.05) is 25.2 Å². The zero-order valence-corrected chi connectivity index (χ0v) is 39.3. The van der Waals surface area contributed by atoms with Crippen LogP contribution in [0.5, 0.6) is 11.5 Å². The van der Waals surface area contributed by atoms with E-state index in [1.54, 1.807) is 6.92 Å². The molecule has 0 fully saturated rings. The van der Waals surface area contributed by atoms with Gasteiger partial charge in [0.1, 0.15) is 11.5 Å². The van der Waals surface area contributed by atoms with Crippen LogP contribution in [0.15, 0.2) is 33.3 Å². The van der Waals surface area contributed by atoms with Crippen LogP contribution in [0.3, 0.4) is 0 Å². The molecule has 0 aliphatic rings. The van der Waals surface area contributed by atoms with Gasteiger partial charge in [-0.15, -0.1) is 0 Å². The second-order valence-electron chi connectivity index (χ2n) is 11.0. The van der Waals surface area contributed by atoms with Crippen molar-refractivity contribution in [3.8, 4) is 11.5 Å². The maximum absolute atomic E-state index is 13.0. The summed E-state index contributed by atoms with van der Waals surface area (Å²) < 4.78 is 101. The molecule has 0 aliphatic carbocycles. The summed E-state index contributed by atoms with van der Waals surface area (Å²) in [5.41, 5.74) is -1.05. The van der Waals surface area contributed by atoms with Crippen molar-refractivity contribution in [2.24, 2.45) is 0 Å². The number of phenolic OH excluding ortho intramolecular Hbond substituents is 1. The van der Waals surface area contributed by atoms with E-state index in [4.69, 9.17) is 28.6 Å². The standard InChI is InChI=1S/C17H20F3NO4.C11H10F3NO2.C6H11BrO2.CH2O3.Cs/c1-3-6-11-13(24-10-5-7-14(22)23-4-2)9-8-12-15(11)25-21-16(12)17(18,19)20;1-2-3-6-8(16)5-4-7-9(6)17-15-10(7)11(12,13)14;1-2-9-6(8)4-3-5-7;2-1-4-3;/h8-9H,3-7,10H2,1-2H3;4-5,16H,2-3H2,1H3;2-5H2,1H3;1,3H;/q;;;;+1/p-1. The third-order valence-electron chi connectivity index (χ3n) is 6.90. The Hall–Kier alpha value is -2.54. The minimum atomic E-state index is -4.57. The number of aromatic hydroxyl groups is 1. The van der Waals surface area contributed by atoms with Crippen LogP contribution < -0.4 is 78.9 Å². The van der Waals surface area contributed by atoms with E-state index >= 15 is 0 Å². The van der Waals surface area contributed by atoms with Crippen molar-refractivity contribution in [1.82, 2.24) is 10.3 Å². The summed E-state index contributed by atoms with van der Waals surface area (Å²) in [5.74, 6) is -0.0235. The molecule has 0 amide bonds. The number of hydrogen-bond acceptors (Lipinski definition) is 13. The number of carbonyl (C=O) groups excluding carboxylic acids is 3. The Balaban J connectivity index is 0.000000840. The van der Waals surface area contributed by atoms with Crippen LogP contribution in [-0.4, -0.2) is 59.0 Å². The summed E-state index contributed by atoms with van der Waals surface area (Å²) in [6, 6.07) is 5.20. The van der Waals surface area contributed by atoms with E-state index < -0.39 is 23.7 Å². The zero-order valence-electron chi connectivity index (χ0n) is 31.4. The fourth-order valence-corrected chi connectivity index (χ4v) is 4.97. The van der Waals surface area contributed by atoms with Crippen LogP contribution in [-0.2, 0) is 53.9 Å². The number of aromatic nitrogens is 2. The van der Waals surface area contributed by atoms with Crippen LogP contribution in [0, 0.1) is 0 Å². The molecule has 4 aromatic rings. The molecule has 13 nitrogen and oxygen atoms in total. The van der Waals surface area contributed by atoms with E-state index in [1.807, 2.05) is 20.8 Å². The Morgan fingerprint density at radius 3 is 1.68 bits per heavy atom. The number of carbonyl (C=O) groups is 3. The predicted molar refractivity (Wildman–Crippen MR) is 186 cm³/mol.